The van der Waals surface area contributed by atoms with Crippen molar-refractivity contribution in [2.75, 3.05) is 0 Å². The molecule has 0 saturated heterocycles. The summed E-state index contributed by atoms with van der Waals surface area (Å²) >= 11 is 0. The van der Waals surface area contributed by atoms with Crippen molar-refractivity contribution < 1.29 is 5.11 Å². The summed E-state index contributed by atoms with van der Waals surface area (Å²) in [5.74, 6) is 1.18. The maximum Gasteiger partial charge on any atom is 0.0945 e. The van der Waals surface area contributed by atoms with Gasteiger partial charge in [-0.3, -0.25) is 0 Å². The van der Waals surface area contributed by atoms with Gasteiger partial charge in [0.1, 0.15) is 0 Å². The van der Waals surface area contributed by atoms with E-state index in [2.05, 4.69) is 13.8 Å². The second-order valence-corrected chi connectivity index (χ2v) is 3.34. The molecule has 1 atom stereocenters. The van der Waals surface area contributed by atoms with Crippen molar-refractivity contribution in [3.63, 3.8) is 0 Å². The molecule has 0 radical (unpaired) electrons. The minimum absolute atomic E-state index is 0.471. The first-order valence-corrected chi connectivity index (χ1v) is 4.70. The molecular formula is C10H18O. The molecule has 0 spiro atoms. The third-order valence-corrected chi connectivity index (χ3v) is 2.70. The number of hydrogen-bond acceptors (Lipinski definition) is 1. The fourth-order valence-electron chi connectivity index (χ4n) is 1.87. The average Bonchev–Trinajstić information content (AvgIpc) is 2.05. The highest BCUT2D eigenvalue weighted by Crippen LogP contribution is 2.31. The lowest BCUT2D eigenvalue weighted by molar-refractivity contribution is 0.283. The Kier molecular flexibility index (Phi) is 2.98. The van der Waals surface area contributed by atoms with E-state index in [9.17, 15) is 5.11 Å². The van der Waals surface area contributed by atoms with Crippen LogP contribution in [0.15, 0.2) is 11.3 Å². The lowest BCUT2D eigenvalue weighted by atomic mass is 9.86. The van der Waals surface area contributed by atoms with Crippen LogP contribution in [-0.2, 0) is 0 Å². The number of aliphatic hydroxyl groups excluding tert-OH is 1. The van der Waals surface area contributed by atoms with Crippen molar-refractivity contribution in [3.8, 4) is 0 Å². The van der Waals surface area contributed by atoms with Crippen molar-refractivity contribution in [3.05, 3.63) is 11.3 Å². The lowest BCUT2D eigenvalue weighted by Crippen LogP contribution is -2.10. The summed E-state index contributed by atoms with van der Waals surface area (Å²) in [6.07, 6.45) is 5.70. The Labute approximate surface area is 69.1 Å². The molecule has 1 nitrogen and oxygen atoms in total. The third-order valence-electron chi connectivity index (χ3n) is 2.70. The topological polar surface area (TPSA) is 20.2 Å². The number of hydrogen-bond donors (Lipinski definition) is 1. The highest BCUT2D eigenvalue weighted by molar-refractivity contribution is 5.12. The molecule has 1 unspecified atom stereocenters. The van der Waals surface area contributed by atoms with Crippen LogP contribution in [0.25, 0.3) is 0 Å². The fourth-order valence-corrected chi connectivity index (χ4v) is 1.87. The van der Waals surface area contributed by atoms with Crippen molar-refractivity contribution in [1.29, 1.82) is 0 Å². The van der Waals surface area contributed by atoms with Gasteiger partial charge in [0.05, 0.1) is 5.76 Å². The molecule has 64 valence electrons. The molecule has 1 N–H and O–H groups in total. The van der Waals surface area contributed by atoms with Gasteiger partial charge in [0.25, 0.3) is 0 Å². The van der Waals surface area contributed by atoms with Gasteiger partial charge in [0.2, 0.25) is 0 Å². The Bertz CT molecular complexity index is 158. The van der Waals surface area contributed by atoms with Crippen LogP contribution in [0.4, 0.5) is 0 Å². The molecule has 0 aliphatic heterocycles. The molecule has 0 saturated carbocycles. The van der Waals surface area contributed by atoms with Gasteiger partial charge >= 0.3 is 0 Å². The number of allylic oxidation sites excluding steroid dienone is 2. The van der Waals surface area contributed by atoms with Gasteiger partial charge in [-0.2, -0.15) is 0 Å². The predicted molar refractivity (Wildman–Crippen MR) is 47.6 cm³/mol. The summed E-state index contributed by atoms with van der Waals surface area (Å²) in [6.45, 7) is 4.28. The maximum absolute atomic E-state index is 9.71. The Morgan fingerprint density at radius 2 is 2.18 bits per heavy atom. The van der Waals surface area contributed by atoms with Crippen LogP contribution in [-0.4, -0.2) is 5.11 Å². The van der Waals surface area contributed by atoms with Crippen molar-refractivity contribution in [2.45, 2.75) is 46.0 Å². The van der Waals surface area contributed by atoms with Crippen molar-refractivity contribution >= 4 is 0 Å². The van der Waals surface area contributed by atoms with E-state index in [-0.39, 0.29) is 0 Å². The van der Waals surface area contributed by atoms with E-state index in [0.717, 1.165) is 19.3 Å². The monoisotopic (exact) mass is 154 g/mol. The summed E-state index contributed by atoms with van der Waals surface area (Å²) in [5.41, 5.74) is 1.29. The zero-order valence-corrected chi connectivity index (χ0v) is 7.56. The van der Waals surface area contributed by atoms with Gasteiger partial charge in [0, 0.05) is 5.92 Å². The predicted octanol–water partition coefficient (Wildman–Crippen LogP) is 3.42. The van der Waals surface area contributed by atoms with Gasteiger partial charge in [0.15, 0.2) is 0 Å². The van der Waals surface area contributed by atoms with Crippen LogP contribution >= 0.6 is 0 Å². The van der Waals surface area contributed by atoms with Crippen molar-refractivity contribution in [1.82, 2.24) is 0 Å². The summed E-state index contributed by atoms with van der Waals surface area (Å²) in [4.78, 5) is 0. The zero-order chi connectivity index (χ0) is 8.27. The lowest BCUT2D eigenvalue weighted by Gasteiger charge is -2.23. The van der Waals surface area contributed by atoms with Crippen LogP contribution in [0.1, 0.15) is 46.0 Å². The molecule has 1 aliphatic carbocycles. The van der Waals surface area contributed by atoms with Crippen LogP contribution in [0, 0.1) is 5.92 Å². The second-order valence-electron chi connectivity index (χ2n) is 3.34. The summed E-state index contributed by atoms with van der Waals surface area (Å²) < 4.78 is 0. The molecule has 1 rings (SSSR count). The van der Waals surface area contributed by atoms with E-state index >= 15 is 0 Å². The minimum atomic E-state index is 0.471. The Morgan fingerprint density at radius 3 is 2.73 bits per heavy atom. The van der Waals surface area contributed by atoms with E-state index < -0.39 is 0 Å². The fraction of sp³-hybridized carbons (Fsp3) is 0.800. The van der Waals surface area contributed by atoms with Gasteiger partial charge in [-0.05, 0) is 37.7 Å². The molecule has 0 heterocycles. The van der Waals surface area contributed by atoms with E-state index in [4.69, 9.17) is 0 Å². The summed E-state index contributed by atoms with van der Waals surface area (Å²) in [6, 6.07) is 0. The van der Waals surface area contributed by atoms with Gasteiger partial charge < -0.3 is 5.11 Å². The zero-order valence-electron chi connectivity index (χ0n) is 7.56. The van der Waals surface area contributed by atoms with Crippen LogP contribution in [0.2, 0.25) is 0 Å². The quantitative estimate of drug-likeness (QED) is 0.646. The highest BCUT2D eigenvalue weighted by atomic mass is 16.3. The molecule has 0 amide bonds. The Morgan fingerprint density at radius 1 is 1.45 bits per heavy atom. The van der Waals surface area contributed by atoms with Crippen molar-refractivity contribution in [2.24, 2.45) is 5.92 Å². The molecule has 0 aromatic rings. The van der Waals surface area contributed by atoms with Crippen LogP contribution in [0.3, 0.4) is 0 Å². The van der Waals surface area contributed by atoms with E-state index in [1.807, 2.05) is 0 Å². The van der Waals surface area contributed by atoms with E-state index in [1.54, 1.807) is 0 Å². The molecular weight excluding hydrogens is 136 g/mol. The number of rotatable bonds is 2. The van der Waals surface area contributed by atoms with Crippen LogP contribution in [0.5, 0.6) is 0 Å². The first kappa shape index (κ1) is 8.63. The average molecular weight is 154 g/mol. The molecule has 11 heavy (non-hydrogen) atoms. The second kappa shape index (κ2) is 3.80. The first-order valence-electron chi connectivity index (χ1n) is 4.70. The maximum atomic E-state index is 9.71. The van der Waals surface area contributed by atoms with Gasteiger partial charge in [-0.15, -0.1) is 0 Å². The normalized spacial score (nSPS) is 25.8. The highest BCUT2D eigenvalue weighted by Gasteiger charge is 2.19. The first-order chi connectivity index (χ1) is 5.29. The third kappa shape index (κ3) is 1.76. The summed E-state index contributed by atoms with van der Waals surface area (Å²) in [7, 11) is 0. The molecule has 0 fully saturated rings. The van der Waals surface area contributed by atoms with Gasteiger partial charge in [-0.1, -0.05) is 13.8 Å². The van der Waals surface area contributed by atoms with Gasteiger partial charge in [-0.25, -0.2) is 0 Å². The molecule has 1 aliphatic rings. The largest absolute Gasteiger partial charge is 0.512 e. The standard InChI is InChI=1S/C10H18O/c1-3-8-6-5-7-9(4-2)10(8)11/h8,11H,3-7H2,1-2H3. The summed E-state index contributed by atoms with van der Waals surface area (Å²) in [5, 5.41) is 9.71. The minimum Gasteiger partial charge on any atom is -0.512 e. The van der Waals surface area contributed by atoms with E-state index in [1.165, 1.54) is 18.4 Å². The smallest absolute Gasteiger partial charge is 0.0945 e. The van der Waals surface area contributed by atoms with Crippen LogP contribution < -0.4 is 0 Å². The Balaban J connectivity index is 2.71. The molecule has 0 bridgehead atoms. The van der Waals surface area contributed by atoms with E-state index in [0.29, 0.717) is 11.7 Å². The SMILES string of the molecule is CCC1=C(O)C(CC)CCC1. The molecule has 0 aromatic heterocycles. The Hall–Kier alpha value is -0.460. The number of aliphatic hydroxyl groups is 1. The molecule has 1 heteroatoms. The molecule has 0 aromatic carbocycles.